The maximum absolute atomic E-state index is 13.0. The second-order valence-corrected chi connectivity index (χ2v) is 8.44. The SMILES string of the molecule is COc1cc2c(cc1OC)CN(C(=O)C1CC1C(=O)N1CCC(C)CC1)CC2. The number of amides is 2. The number of benzene rings is 1. The number of ether oxygens (including phenoxy) is 2. The first-order chi connectivity index (χ1) is 13.5. The average molecular weight is 386 g/mol. The normalized spacial score (nSPS) is 24.5. The standard InChI is InChI=1S/C22H30N2O4/c1-14-4-7-23(8-5-14)21(25)17-12-18(17)22(26)24-9-6-15-10-19(27-2)20(28-3)11-16(15)13-24/h10-11,14,17-18H,4-9,12-13H2,1-3H3. The van der Waals surface area contributed by atoms with Crippen LogP contribution < -0.4 is 9.47 Å². The zero-order valence-electron chi connectivity index (χ0n) is 17.1. The van der Waals surface area contributed by atoms with E-state index in [4.69, 9.17) is 9.47 Å². The number of carbonyl (C=O) groups is 2. The molecule has 0 radical (unpaired) electrons. The number of hydrogen-bond donors (Lipinski definition) is 0. The molecular formula is C22H30N2O4. The van der Waals surface area contributed by atoms with Crippen molar-refractivity contribution in [2.24, 2.45) is 17.8 Å². The summed E-state index contributed by atoms with van der Waals surface area (Å²) in [6.07, 6.45) is 3.66. The first-order valence-corrected chi connectivity index (χ1v) is 10.3. The van der Waals surface area contributed by atoms with Gasteiger partial charge >= 0.3 is 0 Å². The molecule has 1 aromatic rings. The van der Waals surface area contributed by atoms with E-state index in [2.05, 4.69) is 6.92 Å². The highest BCUT2D eigenvalue weighted by atomic mass is 16.5. The Labute approximate surface area is 166 Å². The monoisotopic (exact) mass is 386 g/mol. The lowest BCUT2D eigenvalue weighted by molar-refractivity contribution is -0.139. The predicted molar refractivity (Wildman–Crippen MR) is 105 cm³/mol. The molecule has 1 aliphatic carbocycles. The van der Waals surface area contributed by atoms with Crippen LogP contribution in [0.4, 0.5) is 0 Å². The summed E-state index contributed by atoms with van der Waals surface area (Å²) in [5.41, 5.74) is 2.30. The minimum absolute atomic E-state index is 0.104. The minimum atomic E-state index is -0.131. The zero-order valence-corrected chi connectivity index (χ0v) is 17.1. The van der Waals surface area contributed by atoms with Crippen molar-refractivity contribution in [2.75, 3.05) is 33.9 Å². The molecule has 28 heavy (non-hydrogen) atoms. The molecular weight excluding hydrogens is 356 g/mol. The minimum Gasteiger partial charge on any atom is -0.493 e. The number of methoxy groups -OCH3 is 2. The Morgan fingerprint density at radius 2 is 1.46 bits per heavy atom. The van der Waals surface area contributed by atoms with Crippen molar-refractivity contribution in [3.63, 3.8) is 0 Å². The van der Waals surface area contributed by atoms with E-state index in [0.29, 0.717) is 31.2 Å². The number of nitrogens with zero attached hydrogens (tertiary/aromatic N) is 2. The molecule has 0 bridgehead atoms. The maximum Gasteiger partial charge on any atom is 0.226 e. The molecule has 2 amide bonds. The Morgan fingerprint density at radius 1 is 0.893 bits per heavy atom. The van der Waals surface area contributed by atoms with Crippen LogP contribution in [0, 0.1) is 17.8 Å². The van der Waals surface area contributed by atoms with Gasteiger partial charge in [-0.15, -0.1) is 0 Å². The van der Waals surface area contributed by atoms with Crippen molar-refractivity contribution in [3.8, 4) is 11.5 Å². The van der Waals surface area contributed by atoms with Crippen LogP contribution in [0.2, 0.25) is 0 Å². The molecule has 4 rings (SSSR count). The Hall–Kier alpha value is -2.24. The molecule has 2 unspecified atom stereocenters. The summed E-state index contributed by atoms with van der Waals surface area (Å²) < 4.78 is 10.8. The van der Waals surface area contributed by atoms with Crippen molar-refractivity contribution in [2.45, 2.75) is 39.2 Å². The fourth-order valence-corrected chi connectivity index (χ4v) is 4.51. The van der Waals surface area contributed by atoms with Gasteiger partial charge < -0.3 is 19.3 Å². The molecule has 2 heterocycles. The molecule has 0 N–H and O–H groups in total. The van der Waals surface area contributed by atoms with Crippen LogP contribution >= 0.6 is 0 Å². The van der Waals surface area contributed by atoms with Crippen molar-refractivity contribution in [1.82, 2.24) is 9.80 Å². The number of hydrogen-bond acceptors (Lipinski definition) is 4. The van der Waals surface area contributed by atoms with Gasteiger partial charge in [-0.3, -0.25) is 9.59 Å². The number of rotatable bonds is 4. The third-order valence-electron chi connectivity index (χ3n) is 6.55. The van der Waals surface area contributed by atoms with Crippen LogP contribution in [-0.4, -0.2) is 55.5 Å². The summed E-state index contributed by atoms with van der Waals surface area (Å²) in [4.78, 5) is 29.6. The van der Waals surface area contributed by atoms with E-state index in [1.807, 2.05) is 21.9 Å². The van der Waals surface area contributed by atoms with Crippen LogP contribution in [0.1, 0.15) is 37.3 Å². The van der Waals surface area contributed by atoms with E-state index in [0.717, 1.165) is 43.7 Å². The Morgan fingerprint density at radius 3 is 2.07 bits per heavy atom. The largest absolute Gasteiger partial charge is 0.493 e. The van der Waals surface area contributed by atoms with Gasteiger partial charge in [0.25, 0.3) is 0 Å². The van der Waals surface area contributed by atoms with Crippen molar-refractivity contribution in [3.05, 3.63) is 23.3 Å². The van der Waals surface area contributed by atoms with Crippen LogP contribution in [0.3, 0.4) is 0 Å². The molecule has 2 atom stereocenters. The van der Waals surface area contributed by atoms with Crippen molar-refractivity contribution >= 4 is 11.8 Å². The topological polar surface area (TPSA) is 59.1 Å². The van der Waals surface area contributed by atoms with Gasteiger partial charge in [0, 0.05) is 26.2 Å². The highest BCUT2D eigenvalue weighted by Gasteiger charge is 2.51. The molecule has 1 saturated carbocycles. The molecule has 1 saturated heterocycles. The number of fused-ring (bicyclic) bond motifs is 1. The average Bonchev–Trinajstić information content (AvgIpc) is 3.52. The van der Waals surface area contributed by atoms with Crippen LogP contribution in [0.5, 0.6) is 11.5 Å². The lowest BCUT2D eigenvalue weighted by Gasteiger charge is -2.31. The highest BCUT2D eigenvalue weighted by Crippen LogP contribution is 2.43. The number of piperidine rings is 1. The lowest BCUT2D eigenvalue weighted by atomic mass is 9.98. The molecule has 2 fully saturated rings. The van der Waals surface area contributed by atoms with E-state index in [1.165, 1.54) is 5.56 Å². The van der Waals surface area contributed by atoms with Crippen LogP contribution in [0.15, 0.2) is 12.1 Å². The molecule has 3 aliphatic rings. The summed E-state index contributed by atoms with van der Waals surface area (Å²) in [6.45, 7) is 5.20. The highest BCUT2D eigenvalue weighted by molar-refractivity contribution is 5.92. The summed E-state index contributed by atoms with van der Waals surface area (Å²) in [5, 5.41) is 0. The van der Waals surface area contributed by atoms with Crippen molar-refractivity contribution < 1.29 is 19.1 Å². The summed E-state index contributed by atoms with van der Waals surface area (Å²) >= 11 is 0. The molecule has 0 aromatic heterocycles. The molecule has 0 spiro atoms. The van der Waals surface area contributed by atoms with Gasteiger partial charge in [0.05, 0.1) is 26.1 Å². The maximum atomic E-state index is 13.0. The zero-order chi connectivity index (χ0) is 19.8. The second-order valence-electron chi connectivity index (χ2n) is 8.44. The smallest absolute Gasteiger partial charge is 0.226 e. The third-order valence-corrected chi connectivity index (χ3v) is 6.55. The molecule has 1 aromatic carbocycles. The van der Waals surface area contributed by atoms with Gasteiger partial charge in [-0.25, -0.2) is 0 Å². The van der Waals surface area contributed by atoms with Crippen LogP contribution in [-0.2, 0) is 22.6 Å². The van der Waals surface area contributed by atoms with Gasteiger partial charge in [-0.1, -0.05) is 6.92 Å². The van der Waals surface area contributed by atoms with E-state index < -0.39 is 0 Å². The summed E-state index contributed by atoms with van der Waals surface area (Å²) in [7, 11) is 3.26. The summed E-state index contributed by atoms with van der Waals surface area (Å²) in [6, 6.07) is 3.98. The van der Waals surface area contributed by atoms with Gasteiger partial charge in [-0.05, 0) is 54.9 Å². The summed E-state index contributed by atoms with van der Waals surface area (Å²) in [5.74, 6) is 2.20. The van der Waals surface area contributed by atoms with Gasteiger partial charge in [0.2, 0.25) is 11.8 Å². The fourth-order valence-electron chi connectivity index (χ4n) is 4.51. The quantitative estimate of drug-likeness (QED) is 0.798. The Balaban J connectivity index is 1.39. The van der Waals surface area contributed by atoms with Gasteiger partial charge in [0.1, 0.15) is 0 Å². The molecule has 6 nitrogen and oxygen atoms in total. The molecule has 2 aliphatic heterocycles. The first-order valence-electron chi connectivity index (χ1n) is 10.3. The van der Waals surface area contributed by atoms with Gasteiger partial charge in [0.15, 0.2) is 11.5 Å². The van der Waals surface area contributed by atoms with Gasteiger partial charge in [-0.2, -0.15) is 0 Å². The van der Waals surface area contributed by atoms with E-state index in [-0.39, 0.29) is 23.7 Å². The van der Waals surface area contributed by atoms with E-state index in [9.17, 15) is 9.59 Å². The number of carbonyl (C=O) groups excluding carboxylic acids is 2. The van der Waals surface area contributed by atoms with E-state index in [1.54, 1.807) is 14.2 Å². The first kappa shape index (κ1) is 19.1. The number of likely N-dealkylation sites (tertiary alicyclic amines) is 1. The predicted octanol–water partition coefficient (Wildman–Crippen LogP) is 2.48. The third kappa shape index (κ3) is 3.56. The lowest BCUT2D eigenvalue weighted by Crippen LogP contribution is -2.41. The molecule has 152 valence electrons. The van der Waals surface area contributed by atoms with Crippen LogP contribution in [0.25, 0.3) is 0 Å². The Bertz CT molecular complexity index is 770. The van der Waals surface area contributed by atoms with Crippen molar-refractivity contribution in [1.29, 1.82) is 0 Å². The molecule has 6 heteroatoms. The second kappa shape index (κ2) is 7.64. The fraction of sp³-hybridized carbons (Fsp3) is 0.636. The van der Waals surface area contributed by atoms with E-state index >= 15 is 0 Å². The Kier molecular flexibility index (Phi) is 5.21.